The van der Waals surface area contributed by atoms with Crippen LogP contribution in [0.1, 0.15) is 26.2 Å². The number of benzene rings is 1. The summed E-state index contributed by atoms with van der Waals surface area (Å²) in [5, 5.41) is 12.5. The minimum absolute atomic E-state index is 0.249. The minimum atomic E-state index is -0.889. The van der Waals surface area contributed by atoms with E-state index in [1.54, 1.807) is 24.3 Å². The number of para-hydroxylation sites is 1. The van der Waals surface area contributed by atoms with E-state index in [0.717, 1.165) is 6.42 Å². The predicted molar refractivity (Wildman–Crippen MR) is 77.7 cm³/mol. The summed E-state index contributed by atoms with van der Waals surface area (Å²) in [4.78, 5) is 23.6. The van der Waals surface area contributed by atoms with Crippen molar-refractivity contribution in [3.05, 3.63) is 29.3 Å². The van der Waals surface area contributed by atoms with E-state index in [1.807, 2.05) is 6.92 Å². The number of amides is 1. The van der Waals surface area contributed by atoms with Gasteiger partial charge >= 0.3 is 5.97 Å². The fourth-order valence-electron chi connectivity index (χ4n) is 2.83. The highest BCUT2D eigenvalue weighted by Crippen LogP contribution is 2.39. The molecule has 1 aromatic rings. The number of carbonyl (C=O) groups is 2. The molecule has 1 aromatic carbocycles. The van der Waals surface area contributed by atoms with E-state index < -0.39 is 17.8 Å². The predicted octanol–water partition coefficient (Wildman–Crippen LogP) is 3.42. The molecule has 1 aliphatic rings. The van der Waals surface area contributed by atoms with Crippen LogP contribution in [0.3, 0.4) is 0 Å². The van der Waals surface area contributed by atoms with Crippen LogP contribution in [0.15, 0.2) is 24.3 Å². The van der Waals surface area contributed by atoms with Crippen LogP contribution in [0, 0.1) is 17.8 Å². The fraction of sp³-hybridized carbons (Fsp3) is 0.467. The molecule has 4 nitrogen and oxygen atoms in total. The molecule has 2 rings (SSSR count). The normalized spacial score (nSPS) is 25.4. The van der Waals surface area contributed by atoms with Crippen LogP contribution in [-0.4, -0.2) is 17.0 Å². The highest BCUT2D eigenvalue weighted by molar-refractivity contribution is 6.33. The minimum Gasteiger partial charge on any atom is -0.481 e. The average Bonchev–Trinajstić information content (AvgIpc) is 2.86. The summed E-state index contributed by atoms with van der Waals surface area (Å²) in [5.74, 6) is -1.91. The number of carbonyl (C=O) groups excluding carboxylic acids is 1. The summed E-state index contributed by atoms with van der Waals surface area (Å²) >= 11 is 6.00. The van der Waals surface area contributed by atoms with Crippen LogP contribution in [-0.2, 0) is 9.59 Å². The fourth-order valence-corrected chi connectivity index (χ4v) is 3.01. The molecule has 1 amide bonds. The third-order valence-electron chi connectivity index (χ3n) is 4.02. The second-order valence-corrected chi connectivity index (χ2v) is 5.67. The second-order valence-electron chi connectivity index (χ2n) is 5.27. The van der Waals surface area contributed by atoms with Gasteiger partial charge in [-0.1, -0.05) is 37.1 Å². The molecule has 1 fully saturated rings. The van der Waals surface area contributed by atoms with Crippen LogP contribution in [0.25, 0.3) is 0 Å². The molecular formula is C15H18ClNO3. The zero-order valence-electron chi connectivity index (χ0n) is 11.3. The molecule has 0 spiro atoms. The third-order valence-corrected chi connectivity index (χ3v) is 4.35. The summed E-state index contributed by atoms with van der Waals surface area (Å²) in [7, 11) is 0. The van der Waals surface area contributed by atoms with Crippen LogP contribution in [0.2, 0.25) is 5.02 Å². The SMILES string of the molecule is CCC1CC(C(=O)O)C(C(=O)Nc2ccccc2Cl)C1. The lowest BCUT2D eigenvalue weighted by atomic mass is 9.95. The molecule has 0 aliphatic heterocycles. The van der Waals surface area contributed by atoms with Crippen molar-refractivity contribution in [1.82, 2.24) is 0 Å². The average molecular weight is 296 g/mol. The largest absolute Gasteiger partial charge is 0.481 e. The molecule has 0 radical (unpaired) electrons. The van der Waals surface area contributed by atoms with Gasteiger partial charge in [0.1, 0.15) is 0 Å². The molecule has 0 saturated heterocycles. The Hall–Kier alpha value is -1.55. The summed E-state index contributed by atoms with van der Waals surface area (Å²) in [5.41, 5.74) is 0.531. The zero-order chi connectivity index (χ0) is 14.7. The first-order valence-corrected chi connectivity index (χ1v) is 7.19. The molecule has 3 unspecified atom stereocenters. The van der Waals surface area contributed by atoms with E-state index in [2.05, 4.69) is 5.32 Å². The maximum absolute atomic E-state index is 12.3. The van der Waals surface area contributed by atoms with Crippen LogP contribution in [0.4, 0.5) is 5.69 Å². The monoisotopic (exact) mass is 295 g/mol. The van der Waals surface area contributed by atoms with Gasteiger partial charge in [-0.05, 0) is 30.9 Å². The lowest BCUT2D eigenvalue weighted by molar-refractivity contribution is -0.145. The molecule has 0 bridgehead atoms. The van der Waals surface area contributed by atoms with Gasteiger partial charge in [0.15, 0.2) is 0 Å². The van der Waals surface area contributed by atoms with Crippen LogP contribution in [0.5, 0.6) is 0 Å². The first-order valence-electron chi connectivity index (χ1n) is 6.81. The van der Waals surface area contributed by atoms with Gasteiger partial charge in [0.05, 0.1) is 22.5 Å². The van der Waals surface area contributed by atoms with Crippen molar-refractivity contribution < 1.29 is 14.7 Å². The zero-order valence-corrected chi connectivity index (χ0v) is 12.1. The highest BCUT2D eigenvalue weighted by atomic mass is 35.5. The van der Waals surface area contributed by atoms with Gasteiger partial charge in [0, 0.05) is 0 Å². The van der Waals surface area contributed by atoms with Gasteiger partial charge in [-0.2, -0.15) is 0 Å². The topological polar surface area (TPSA) is 66.4 Å². The van der Waals surface area contributed by atoms with E-state index in [9.17, 15) is 14.7 Å². The molecule has 0 aromatic heterocycles. The number of hydrogen-bond donors (Lipinski definition) is 2. The summed E-state index contributed by atoms with van der Waals surface area (Å²) < 4.78 is 0. The quantitative estimate of drug-likeness (QED) is 0.894. The Morgan fingerprint density at radius 1 is 1.30 bits per heavy atom. The summed E-state index contributed by atoms with van der Waals surface area (Å²) in [6.07, 6.45) is 2.11. The summed E-state index contributed by atoms with van der Waals surface area (Å²) in [6, 6.07) is 6.96. The Balaban J connectivity index is 2.11. The van der Waals surface area contributed by atoms with Crippen LogP contribution >= 0.6 is 11.6 Å². The molecule has 3 atom stereocenters. The number of nitrogens with one attached hydrogen (secondary N) is 1. The van der Waals surface area contributed by atoms with Crippen LogP contribution < -0.4 is 5.32 Å². The first-order chi connectivity index (χ1) is 9.52. The number of hydrogen-bond acceptors (Lipinski definition) is 2. The lowest BCUT2D eigenvalue weighted by Crippen LogP contribution is -2.30. The van der Waals surface area contributed by atoms with Gasteiger partial charge in [-0.3, -0.25) is 9.59 Å². The van der Waals surface area contributed by atoms with E-state index in [1.165, 1.54) is 0 Å². The molecule has 0 heterocycles. The van der Waals surface area contributed by atoms with Crippen molar-refractivity contribution in [3.63, 3.8) is 0 Å². The van der Waals surface area contributed by atoms with Gasteiger partial charge < -0.3 is 10.4 Å². The van der Waals surface area contributed by atoms with Crippen molar-refractivity contribution >= 4 is 29.2 Å². The smallest absolute Gasteiger partial charge is 0.307 e. The Labute approximate surface area is 123 Å². The van der Waals surface area contributed by atoms with Crippen molar-refractivity contribution in [1.29, 1.82) is 0 Å². The van der Waals surface area contributed by atoms with E-state index >= 15 is 0 Å². The van der Waals surface area contributed by atoms with E-state index in [0.29, 0.717) is 29.5 Å². The molecule has 1 saturated carbocycles. The van der Waals surface area contributed by atoms with Gasteiger partial charge in [0.2, 0.25) is 5.91 Å². The number of halogens is 1. The number of rotatable bonds is 4. The van der Waals surface area contributed by atoms with Crippen molar-refractivity contribution in [2.24, 2.45) is 17.8 Å². The second kappa shape index (κ2) is 6.27. The Bertz CT molecular complexity index is 518. The van der Waals surface area contributed by atoms with Gasteiger partial charge in [-0.25, -0.2) is 0 Å². The Morgan fingerprint density at radius 3 is 2.55 bits per heavy atom. The Kier molecular flexibility index (Phi) is 4.65. The van der Waals surface area contributed by atoms with E-state index in [-0.39, 0.29) is 5.91 Å². The van der Waals surface area contributed by atoms with E-state index in [4.69, 9.17) is 11.6 Å². The molecular weight excluding hydrogens is 278 g/mol. The molecule has 5 heteroatoms. The van der Waals surface area contributed by atoms with Gasteiger partial charge in [0.25, 0.3) is 0 Å². The Morgan fingerprint density at radius 2 is 1.95 bits per heavy atom. The number of anilines is 1. The number of aliphatic carboxylic acids is 1. The number of carboxylic acids is 1. The molecule has 1 aliphatic carbocycles. The molecule has 2 N–H and O–H groups in total. The maximum Gasteiger partial charge on any atom is 0.307 e. The van der Waals surface area contributed by atoms with Crippen molar-refractivity contribution in [2.45, 2.75) is 26.2 Å². The highest BCUT2D eigenvalue weighted by Gasteiger charge is 2.42. The number of carboxylic acid groups (broad SMARTS) is 1. The molecule has 20 heavy (non-hydrogen) atoms. The standard InChI is InChI=1S/C15H18ClNO3/c1-2-9-7-10(11(8-9)15(19)20)14(18)17-13-6-4-3-5-12(13)16/h3-6,9-11H,2,7-8H2,1H3,(H,17,18)(H,19,20). The maximum atomic E-state index is 12.3. The third kappa shape index (κ3) is 3.12. The van der Waals surface area contributed by atoms with Crippen molar-refractivity contribution in [3.8, 4) is 0 Å². The lowest BCUT2D eigenvalue weighted by Gasteiger charge is -2.16. The van der Waals surface area contributed by atoms with Gasteiger partial charge in [-0.15, -0.1) is 0 Å². The van der Waals surface area contributed by atoms with Crippen molar-refractivity contribution in [2.75, 3.05) is 5.32 Å². The summed E-state index contributed by atoms with van der Waals surface area (Å²) in [6.45, 7) is 2.03. The first kappa shape index (κ1) is 14.9. The molecule has 108 valence electrons.